The molecular weight excluding hydrogens is 364 g/mol. The molecule has 0 fully saturated rings. The van der Waals surface area contributed by atoms with Crippen molar-refractivity contribution in [2.45, 2.75) is 31.5 Å². The number of nitrogens with one attached hydrogen (secondary N) is 2. The molecule has 0 radical (unpaired) electrons. The third kappa shape index (κ3) is 3.46. The standard InChI is InChI=1S/C17H18N2O4S.ClH/c1-11-4-15-16(23-10-22-15)6-17(11)24(20,21)19-7-12-2-3-13-8-18-9-14(13)5-12;/h2-6,18-19H,7-10H2,1H3;1H. The first-order valence-corrected chi connectivity index (χ1v) is 9.22. The van der Waals surface area contributed by atoms with E-state index in [1.165, 1.54) is 17.2 Å². The molecule has 0 saturated carbocycles. The van der Waals surface area contributed by atoms with E-state index in [1.54, 1.807) is 13.0 Å². The summed E-state index contributed by atoms with van der Waals surface area (Å²) >= 11 is 0. The van der Waals surface area contributed by atoms with Crippen LogP contribution in [0.25, 0.3) is 0 Å². The van der Waals surface area contributed by atoms with E-state index in [1.807, 2.05) is 18.2 Å². The maximum Gasteiger partial charge on any atom is 0.241 e. The number of fused-ring (bicyclic) bond motifs is 2. The van der Waals surface area contributed by atoms with E-state index in [9.17, 15) is 8.42 Å². The minimum absolute atomic E-state index is 0. The summed E-state index contributed by atoms with van der Waals surface area (Å²) in [5.74, 6) is 1.04. The zero-order valence-corrected chi connectivity index (χ0v) is 15.3. The van der Waals surface area contributed by atoms with E-state index in [4.69, 9.17) is 9.47 Å². The van der Waals surface area contributed by atoms with Crippen LogP contribution in [-0.4, -0.2) is 15.2 Å². The van der Waals surface area contributed by atoms with Crippen LogP contribution < -0.4 is 19.5 Å². The molecule has 0 unspecified atom stereocenters. The van der Waals surface area contributed by atoms with Crippen molar-refractivity contribution in [3.8, 4) is 11.5 Å². The molecule has 2 aliphatic heterocycles. The lowest BCUT2D eigenvalue weighted by Crippen LogP contribution is -2.24. The Bertz CT molecular complexity index is 915. The van der Waals surface area contributed by atoms with Crippen molar-refractivity contribution in [3.63, 3.8) is 0 Å². The Morgan fingerprint density at radius 3 is 2.60 bits per heavy atom. The summed E-state index contributed by atoms with van der Waals surface area (Å²) in [6.07, 6.45) is 0. The lowest BCUT2D eigenvalue weighted by Gasteiger charge is -2.11. The van der Waals surface area contributed by atoms with Gasteiger partial charge in [0, 0.05) is 25.7 Å². The van der Waals surface area contributed by atoms with Gasteiger partial charge in [0.1, 0.15) is 0 Å². The SMILES string of the molecule is Cc1cc2c(cc1S(=O)(=O)NCc1ccc3c(c1)CNC3)OCO2.Cl. The number of halogens is 1. The minimum atomic E-state index is -3.63. The second kappa shape index (κ2) is 6.84. The number of benzene rings is 2. The normalized spacial score (nSPS) is 14.9. The third-order valence-corrected chi connectivity index (χ3v) is 5.87. The third-order valence-electron chi connectivity index (χ3n) is 4.33. The van der Waals surface area contributed by atoms with E-state index in [2.05, 4.69) is 10.0 Å². The van der Waals surface area contributed by atoms with Gasteiger partial charge in [0.05, 0.1) is 4.90 Å². The Kier molecular flexibility index (Phi) is 4.92. The molecule has 0 spiro atoms. The molecule has 8 heteroatoms. The van der Waals surface area contributed by atoms with E-state index < -0.39 is 10.0 Å². The fourth-order valence-electron chi connectivity index (χ4n) is 3.03. The van der Waals surface area contributed by atoms with Gasteiger partial charge in [-0.3, -0.25) is 0 Å². The first-order chi connectivity index (χ1) is 11.5. The van der Waals surface area contributed by atoms with Crippen LogP contribution >= 0.6 is 12.4 Å². The van der Waals surface area contributed by atoms with Crippen LogP contribution in [0.4, 0.5) is 0 Å². The molecule has 4 rings (SSSR count). The van der Waals surface area contributed by atoms with Gasteiger partial charge < -0.3 is 14.8 Å². The summed E-state index contributed by atoms with van der Waals surface area (Å²) in [5.41, 5.74) is 4.07. The number of aryl methyl sites for hydroxylation is 1. The van der Waals surface area contributed by atoms with Gasteiger partial charge in [0.25, 0.3) is 0 Å². The summed E-state index contributed by atoms with van der Waals surface area (Å²) in [6.45, 7) is 3.82. The number of rotatable bonds is 4. The van der Waals surface area contributed by atoms with Gasteiger partial charge >= 0.3 is 0 Å². The van der Waals surface area contributed by atoms with Crippen molar-refractivity contribution in [3.05, 3.63) is 52.6 Å². The molecule has 2 N–H and O–H groups in total. The van der Waals surface area contributed by atoms with Crippen LogP contribution in [0.3, 0.4) is 0 Å². The fraction of sp³-hybridized carbons (Fsp3) is 0.294. The van der Waals surface area contributed by atoms with Crippen molar-refractivity contribution in [1.29, 1.82) is 0 Å². The van der Waals surface area contributed by atoms with Crippen LogP contribution in [0.2, 0.25) is 0 Å². The molecule has 0 atom stereocenters. The van der Waals surface area contributed by atoms with Gasteiger partial charge in [-0.05, 0) is 35.2 Å². The summed E-state index contributed by atoms with van der Waals surface area (Å²) in [6, 6.07) is 9.26. The van der Waals surface area contributed by atoms with Crippen molar-refractivity contribution < 1.29 is 17.9 Å². The largest absolute Gasteiger partial charge is 0.454 e. The molecular formula is C17H19ClN2O4S. The highest BCUT2D eigenvalue weighted by Crippen LogP contribution is 2.36. The molecule has 2 aliphatic rings. The highest BCUT2D eigenvalue weighted by Gasteiger charge is 2.23. The smallest absolute Gasteiger partial charge is 0.241 e. The Morgan fingerprint density at radius 1 is 1.08 bits per heavy atom. The van der Waals surface area contributed by atoms with Gasteiger partial charge in [-0.1, -0.05) is 18.2 Å². The van der Waals surface area contributed by atoms with Gasteiger partial charge in [-0.2, -0.15) is 0 Å². The fourth-order valence-corrected chi connectivity index (χ4v) is 4.29. The lowest BCUT2D eigenvalue weighted by molar-refractivity contribution is 0.174. The van der Waals surface area contributed by atoms with Gasteiger partial charge in [-0.15, -0.1) is 12.4 Å². The van der Waals surface area contributed by atoms with Gasteiger partial charge in [-0.25, -0.2) is 13.1 Å². The minimum Gasteiger partial charge on any atom is -0.454 e. The average Bonchev–Trinajstić information content (AvgIpc) is 3.19. The van der Waals surface area contributed by atoms with Gasteiger partial charge in [0.2, 0.25) is 16.8 Å². The molecule has 0 bridgehead atoms. The average molecular weight is 383 g/mol. The molecule has 25 heavy (non-hydrogen) atoms. The number of hydrogen-bond acceptors (Lipinski definition) is 5. The van der Waals surface area contributed by atoms with Gasteiger partial charge in [0.15, 0.2) is 11.5 Å². The molecule has 0 amide bonds. The highest BCUT2D eigenvalue weighted by molar-refractivity contribution is 7.89. The maximum atomic E-state index is 12.6. The molecule has 2 aromatic rings. The van der Waals surface area contributed by atoms with Crippen LogP contribution in [0.15, 0.2) is 35.2 Å². The van der Waals surface area contributed by atoms with Crippen molar-refractivity contribution in [2.24, 2.45) is 0 Å². The molecule has 2 heterocycles. The molecule has 0 aromatic heterocycles. The topological polar surface area (TPSA) is 76.7 Å². The summed E-state index contributed by atoms with van der Waals surface area (Å²) in [5, 5.41) is 3.28. The summed E-state index contributed by atoms with van der Waals surface area (Å²) in [4.78, 5) is 0.217. The maximum absolute atomic E-state index is 12.6. The highest BCUT2D eigenvalue weighted by atomic mass is 35.5. The second-order valence-electron chi connectivity index (χ2n) is 6.00. The quantitative estimate of drug-likeness (QED) is 0.848. The van der Waals surface area contributed by atoms with Crippen molar-refractivity contribution in [1.82, 2.24) is 10.0 Å². The zero-order chi connectivity index (χ0) is 16.7. The Hall–Kier alpha value is -1.80. The molecule has 0 saturated heterocycles. The monoisotopic (exact) mass is 382 g/mol. The van der Waals surface area contributed by atoms with E-state index in [-0.39, 0.29) is 30.6 Å². The van der Waals surface area contributed by atoms with E-state index in [0.29, 0.717) is 17.1 Å². The van der Waals surface area contributed by atoms with Crippen LogP contribution in [0, 0.1) is 6.92 Å². The second-order valence-corrected chi connectivity index (χ2v) is 7.74. The predicted molar refractivity (Wildman–Crippen MR) is 95.6 cm³/mol. The van der Waals surface area contributed by atoms with Crippen molar-refractivity contribution in [2.75, 3.05) is 6.79 Å². The van der Waals surface area contributed by atoms with Crippen LogP contribution in [-0.2, 0) is 29.7 Å². The predicted octanol–water partition coefficient (Wildman–Crippen LogP) is 2.23. The lowest BCUT2D eigenvalue weighted by atomic mass is 10.1. The molecule has 2 aromatic carbocycles. The Balaban J connectivity index is 0.00000182. The molecule has 134 valence electrons. The Labute approximate surface area is 153 Å². The first-order valence-electron chi connectivity index (χ1n) is 7.74. The molecule has 0 aliphatic carbocycles. The number of ether oxygens (including phenoxy) is 2. The first kappa shape index (κ1) is 18.0. The Morgan fingerprint density at radius 2 is 1.80 bits per heavy atom. The molecule has 6 nitrogen and oxygen atoms in total. The summed E-state index contributed by atoms with van der Waals surface area (Å²) < 4.78 is 38.5. The van der Waals surface area contributed by atoms with Crippen LogP contribution in [0.1, 0.15) is 22.3 Å². The van der Waals surface area contributed by atoms with Crippen molar-refractivity contribution >= 4 is 22.4 Å². The number of sulfonamides is 1. The zero-order valence-electron chi connectivity index (χ0n) is 13.7. The summed E-state index contributed by atoms with van der Waals surface area (Å²) in [7, 11) is -3.63. The van der Waals surface area contributed by atoms with E-state index in [0.717, 1.165) is 18.7 Å². The number of hydrogen-bond donors (Lipinski definition) is 2. The van der Waals surface area contributed by atoms with Crippen LogP contribution in [0.5, 0.6) is 11.5 Å². The van der Waals surface area contributed by atoms with E-state index >= 15 is 0 Å².